The molecule has 1 N–H and O–H groups in total. The lowest BCUT2D eigenvalue weighted by Crippen LogP contribution is -2.17. The molecule has 0 unspecified atom stereocenters. The molecule has 0 saturated heterocycles. The lowest BCUT2D eigenvalue weighted by Gasteiger charge is -2.11. The smallest absolute Gasteiger partial charge is 0.272 e. The molecule has 0 spiro atoms. The van der Waals surface area contributed by atoms with Crippen LogP contribution in [0.4, 0.5) is 0 Å². The molecule has 0 aliphatic heterocycles. The summed E-state index contributed by atoms with van der Waals surface area (Å²) in [7, 11) is 1.56. The van der Waals surface area contributed by atoms with E-state index >= 15 is 0 Å². The highest BCUT2D eigenvalue weighted by atomic mass is 79.9. The normalized spacial score (nSPS) is 10.7. The Bertz CT molecular complexity index is 765. The first-order valence-electron chi connectivity index (χ1n) is 7.15. The second-order valence-corrected chi connectivity index (χ2v) is 5.91. The minimum absolute atomic E-state index is 0.363. The van der Waals surface area contributed by atoms with Gasteiger partial charge in [-0.05, 0) is 52.7 Å². The number of ether oxygens (including phenoxy) is 2. The highest BCUT2D eigenvalue weighted by Crippen LogP contribution is 2.36. The predicted octanol–water partition coefficient (Wildman–Crippen LogP) is 4.27. The lowest BCUT2D eigenvalue weighted by atomic mass is 10.2. The van der Waals surface area contributed by atoms with Crippen LogP contribution in [0.1, 0.15) is 22.8 Å². The zero-order chi connectivity index (χ0) is 17.5. The number of carbonyl (C=O) groups excluding carboxylic acids is 1. The molecule has 7 heteroatoms. The van der Waals surface area contributed by atoms with Crippen LogP contribution in [0.15, 0.2) is 46.0 Å². The van der Waals surface area contributed by atoms with E-state index in [1.807, 2.05) is 13.0 Å². The Kier molecular flexibility index (Phi) is 6.63. The molecule has 24 heavy (non-hydrogen) atoms. The molecule has 126 valence electrons. The van der Waals surface area contributed by atoms with Crippen LogP contribution in [0, 0.1) is 0 Å². The molecule has 0 aliphatic carbocycles. The van der Waals surface area contributed by atoms with E-state index in [4.69, 9.17) is 21.1 Å². The summed E-state index contributed by atoms with van der Waals surface area (Å²) in [5, 5.41) is 4.32. The Hall–Kier alpha value is -2.05. The minimum Gasteiger partial charge on any atom is -0.493 e. The summed E-state index contributed by atoms with van der Waals surface area (Å²) in [5.41, 5.74) is 3.54. The first kappa shape index (κ1) is 18.3. The molecular weight excluding hydrogens is 396 g/mol. The van der Waals surface area contributed by atoms with Crippen molar-refractivity contribution >= 4 is 39.7 Å². The third-order valence-electron chi connectivity index (χ3n) is 3.04. The maximum atomic E-state index is 12.0. The number of methoxy groups -OCH3 is 1. The van der Waals surface area contributed by atoms with E-state index in [2.05, 4.69) is 26.5 Å². The lowest BCUT2D eigenvalue weighted by molar-refractivity contribution is 0.0955. The molecule has 5 nitrogen and oxygen atoms in total. The number of carbonyl (C=O) groups is 1. The number of hydrazone groups is 1. The van der Waals surface area contributed by atoms with Crippen molar-refractivity contribution in [2.24, 2.45) is 5.10 Å². The van der Waals surface area contributed by atoms with Crippen LogP contribution >= 0.6 is 27.5 Å². The van der Waals surface area contributed by atoms with Gasteiger partial charge in [-0.15, -0.1) is 0 Å². The summed E-state index contributed by atoms with van der Waals surface area (Å²) < 4.78 is 11.6. The fourth-order valence-electron chi connectivity index (χ4n) is 1.97. The fourth-order valence-corrected chi connectivity index (χ4v) is 2.77. The standard InChI is InChI=1S/C17H16BrClN2O3/c1-3-24-16-13(18)8-11(9-15(16)23-2)10-20-21-17(22)12-6-4-5-7-14(12)19/h4-10H,3H2,1-2H3,(H,21,22)/b20-10-. The first-order chi connectivity index (χ1) is 11.6. The van der Waals surface area contributed by atoms with Crippen LogP contribution in [-0.4, -0.2) is 25.8 Å². The third-order valence-corrected chi connectivity index (χ3v) is 3.96. The van der Waals surface area contributed by atoms with Crippen molar-refractivity contribution in [2.75, 3.05) is 13.7 Å². The van der Waals surface area contributed by atoms with Crippen LogP contribution in [0.2, 0.25) is 5.02 Å². The Morgan fingerprint density at radius 3 is 2.79 bits per heavy atom. The van der Waals surface area contributed by atoms with Crippen LogP contribution in [0.5, 0.6) is 11.5 Å². The second kappa shape index (κ2) is 8.70. The van der Waals surface area contributed by atoms with E-state index in [0.717, 1.165) is 10.0 Å². The van der Waals surface area contributed by atoms with Crippen LogP contribution in [0.25, 0.3) is 0 Å². The predicted molar refractivity (Wildman–Crippen MR) is 98.4 cm³/mol. The van der Waals surface area contributed by atoms with Gasteiger partial charge in [-0.3, -0.25) is 4.79 Å². The van der Waals surface area contributed by atoms with Crippen molar-refractivity contribution in [3.05, 3.63) is 57.0 Å². The summed E-state index contributed by atoms with van der Waals surface area (Å²) in [5.74, 6) is 0.816. The van der Waals surface area contributed by atoms with Gasteiger partial charge in [-0.1, -0.05) is 23.7 Å². The molecule has 0 fully saturated rings. The molecule has 0 saturated carbocycles. The summed E-state index contributed by atoms with van der Waals surface area (Å²) in [6, 6.07) is 10.4. The van der Waals surface area contributed by atoms with Gasteiger partial charge >= 0.3 is 0 Å². The Morgan fingerprint density at radius 2 is 2.12 bits per heavy atom. The number of halogens is 2. The largest absolute Gasteiger partial charge is 0.493 e. The van der Waals surface area contributed by atoms with Gasteiger partial charge in [0, 0.05) is 0 Å². The quantitative estimate of drug-likeness (QED) is 0.570. The molecule has 0 aliphatic rings. The van der Waals surface area contributed by atoms with Gasteiger partial charge in [0.2, 0.25) is 0 Å². The molecule has 0 aromatic heterocycles. The van der Waals surface area contributed by atoms with Crippen LogP contribution in [-0.2, 0) is 0 Å². The van der Waals surface area contributed by atoms with E-state index in [-0.39, 0.29) is 5.91 Å². The van der Waals surface area contributed by atoms with E-state index in [1.54, 1.807) is 37.4 Å². The number of nitrogens with one attached hydrogen (secondary N) is 1. The summed E-state index contributed by atoms with van der Waals surface area (Å²) in [6.07, 6.45) is 1.51. The number of rotatable bonds is 6. The number of hydrogen-bond donors (Lipinski definition) is 1. The summed E-state index contributed by atoms with van der Waals surface area (Å²) in [4.78, 5) is 12.0. The minimum atomic E-state index is -0.381. The van der Waals surface area contributed by atoms with Gasteiger partial charge in [0.05, 0.1) is 35.0 Å². The van der Waals surface area contributed by atoms with E-state index < -0.39 is 0 Å². The third kappa shape index (κ3) is 4.49. The van der Waals surface area contributed by atoms with E-state index in [9.17, 15) is 4.79 Å². The van der Waals surface area contributed by atoms with E-state index in [1.165, 1.54) is 6.21 Å². The number of nitrogens with zero attached hydrogens (tertiary/aromatic N) is 1. The molecule has 2 aromatic carbocycles. The topological polar surface area (TPSA) is 59.9 Å². The Labute approximate surface area is 153 Å². The molecule has 1 amide bonds. The molecule has 0 radical (unpaired) electrons. The number of amides is 1. The fraction of sp³-hybridized carbons (Fsp3) is 0.176. The SMILES string of the molecule is CCOc1c(Br)cc(/C=N\NC(=O)c2ccccc2Cl)cc1OC. The van der Waals surface area contributed by atoms with Gasteiger partial charge in [-0.2, -0.15) is 5.10 Å². The highest BCUT2D eigenvalue weighted by Gasteiger charge is 2.11. The molecular formula is C17H16BrClN2O3. The summed E-state index contributed by atoms with van der Waals surface area (Å²) in [6.45, 7) is 2.42. The highest BCUT2D eigenvalue weighted by molar-refractivity contribution is 9.10. The number of benzene rings is 2. The average molecular weight is 412 g/mol. The molecule has 0 atom stereocenters. The first-order valence-corrected chi connectivity index (χ1v) is 8.32. The Balaban J connectivity index is 2.13. The van der Waals surface area contributed by atoms with E-state index in [0.29, 0.717) is 28.7 Å². The Morgan fingerprint density at radius 1 is 1.38 bits per heavy atom. The van der Waals surface area contributed by atoms with Crippen LogP contribution < -0.4 is 14.9 Å². The molecule has 0 heterocycles. The van der Waals surface area contributed by atoms with Crippen LogP contribution in [0.3, 0.4) is 0 Å². The van der Waals surface area contributed by atoms with Crippen molar-refractivity contribution < 1.29 is 14.3 Å². The average Bonchev–Trinajstić information content (AvgIpc) is 2.57. The summed E-state index contributed by atoms with van der Waals surface area (Å²) >= 11 is 9.41. The van der Waals surface area contributed by atoms with Gasteiger partial charge in [0.15, 0.2) is 11.5 Å². The number of hydrogen-bond acceptors (Lipinski definition) is 4. The monoisotopic (exact) mass is 410 g/mol. The van der Waals surface area contributed by atoms with Gasteiger partial charge < -0.3 is 9.47 Å². The molecule has 0 bridgehead atoms. The second-order valence-electron chi connectivity index (χ2n) is 4.65. The van der Waals surface area contributed by atoms with Crippen molar-refractivity contribution in [1.29, 1.82) is 0 Å². The van der Waals surface area contributed by atoms with Crippen molar-refractivity contribution in [2.45, 2.75) is 6.92 Å². The van der Waals surface area contributed by atoms with Crippen molar-refractivity contribution in [3.8, 4) is 11.5 Å². The maximum absolute atomic E-state index is 12.0. The zero-order valence-electron chi connectivity index (χ0n) is 13.2. The maximum Gasteiger partial charge on any atom is 0.272 e. The van der Waals surface area contributed by atoms with Gasteiger partial charge in [0.1, 0.15) is 0 Å². The zero-order valence-corrected chi connectivity index (χ0v) is 15.5. The molecule has 2 aromatic rings. The molecule has 2 rings (SSSR count). The van der Waals surface area contributed by atoms with Gasteiger partial charge in [0.25, 0.3) is 5.91 Å². The van der Waals surface area contributed by atoms with Crippen molar-refractivity contribution in [3.63, 3.8) is 0 Å². The van der Waals surface area contributed by atoms with Crippen molar-refractivity contribution in [1.82, 2.24) is 5.43 Å². The van der Waals surface area contributed by atoms with Gasteiger partial charge in [-0.25, -0.2) is 5.43 Å².